The van der Waals surface area contributed by atoms with E-state index in [1.807, 2.05) is 0 Å². The van der Waals surface area contributed by atoms with Gasteiger partial charge < -0.3 is 4.57 Å². The molecule has 0 aliphatic heterocycles. The minimum atomic E-state index is -4.07. The first-order valence-corrected chi connectivity index (χ1v) is 6.22. The Kier molecular flexibility index (Phi) is 4.98. The Morgan fingerprint density at radius 1 is 1.50 bits per heavy atom. The first-order valence-electron chi connectivity index (χ1n) is 4.70. The first-order chi connectivity index (χ1) is 7.44. The summed E-state index contributed by atoms with van der Waals surface area (Å²) in [6, 6.07) is 0. The van der Waals surface area contributed by atoms with Crippen molar-refractivity contribution in [3.05, 3.63) is 11.9 Å². The lowest BCUT2D eigenvalue weighted by atomic mass is 10.3. The van der Waals surface area contributed by atoms with Crippen molar-refractivity contribution in [3.63, 3.8) is 0 Å². The van der Waals surface area contributed by atoms with Gasteiger partial charge in [0.1, 0.15) is 0 Å². The minimum Gasteiger partial charge on any atom is -0.325 e. The number of hydrogen-bond donors (Lipinski definition) is 0. The van der Waals surface area contributed by atoms with Crippen molar-refractivity contribution in [1.82, 2.24) is 9.55 Å². The van der Waals surface area contributed by atoms with E-state index in [0.717, 1.165) is 5.69 Å². The summed E-state index contributed by atoms with van der Waals surface area (Å²) in [6.45, 7) is 0. The average molecular weight is 273 g/mol. The molecular formula is C9H12ClF3N2S. The standard InChI is InChI=1S/C9H12ClF3N2S/c1-15-7(5-10)6-14-8(15)16-4-2-3-9(11,12)13/h6H,2-5H2,1H3. The molecule has 0 aliphatic rings. The van der Waals surface area contributed by atoms with Crippen LogP contribution in [-0.2, 0) is 12.9 Å². The molecule has 0 bridgehead atoms. The van der Waals surface area contributed by atoms with Crippen LogP contribution in [0.1, 0.15) is 18.5 Å². The van der Waals surface area contributed by atoms with E-state index in [4.69, 9.17) is 11.6 Å². The zero-order chi connectivity index (χ0) is 12.2. The van der Waals surface area contributed by atoms with E-state index >= 15 is 0 Å². The van der Waals surface area contributed by atoms with Gasteiger partial charge in [-0.3, -0.25) is 0 Å². The molecule has 16 heavy (non-hydrogen) atoms. The highest BCUT2D eigenvalue weighted by atomic mass is 35.5. The second kappa shape index (κ2) is 5.82. The predicted octanol–water partition coefficient (Wildman–Crippen LogP) is 3.59. The van der Waals surface area contributed by atoms with Crippen LogP contribution in [0.3, 0.4) is 0 Å². The van der Waals surface area contributed by atoms with E-state index in [0.29, 0.717) is 16.8 Å². The summed E-state index contributed by atoms with van der Waals surface area (Å²) in [4.78, 5) is 4.08. The molecule has 0 aromatic carbocycles. The van der Waals surface area contributed by atoms with Crippen LogP contribution in [0.5, 0.6) is 0 Å². The Balaban J connectivity index is 2.35. The summed E-state index contributed by atoms with van der Waals surface area (Å²) in [5.41, 5.74) is 0.861. The number of thioether (sulfide) groups is 1. The molecule has 0 unspecified atom stereocenters. The Morgan fingerprint density at radius 3 is 2.69 bits per heavy atom. The number of imidazole rings is 1. The van der Waals surface area contributed by atoms with Gasteiger partial charge in [-0.05, 0) is 6.42 Å². The zero-order valence-electron chi connectivity index (χ0n) is 8.72. The van der Waals surface area contributed by atoms with Gasteiger partial charge in [0, 0.05) is 19.2 Å². The second-order valence-corrected chi connectivity index (χ2v) is 4.62. The van der Waals surface area contributed by atoms with Crippen LogP contribution < -0.4 is 0 Å². The van der Waals surface area contributed by atoms with Crippen LogP contribution in [0, 0.1) is 0 Å². The van der Waals surface area contributed by atoms with Gasteiger partial charge in [0.25, 0.3) is 0 Å². The largest absolute Gasteiger partial charge is 0.389 e. The van der Waals surface area contributed by atoms with Crippen molar-refractivity contribution in [2.24, 2.45) is 7.05 Å². The van der Waals surface area contributed by atoms with Crippen molar-refractivity contribution < 1.29 is 13.2 Å². The molecular weight excluding hydrogens is 261 g/mol. The molecule has 92 valence electrons. The lowest BCUT2D eigenvalue weighted by Gasteiger charge is -2.06. The predicted molar refractivity (Wildman–Crippen MR) is 58.8 cm³/mol. The summed E-state index contributed by atoms with van der Waals surface area (Å²) in [5.74, 6) is 0.763. The number of alkyl halides is 4. The van der Waals surface area contributed by atoms with Gasteiger partial charge in [-0.2, -0.15) is 13.2 Å². The summed E-state index contributed by atoms with van der Waals surface area (Å²) < 4.78 is 37.4. The fourth-order valence-corrected chi connectivity index (χ4v) is 2.28. The molecule has 0 amide bonds. The van der Waals surface area contributed by atoms with E-state index in [-0.39, 0.29) is 6.42 Å². The van der Waals surface area contributed by atoms with Crippen molar-refractivity contribution >= 4 is 23.4 Å². The molecule has 7 heteroatoms. The summed E-state index contributed by atoms with van der Waals surface area (Å²) in [6.07, 6.45) is -3.06. The molecule has 1 aromatic rings. The highest BCUT2D eigenvalue weighted by Gasteiger charge is 2.26. The molecule has 0 saturated carbocycles. The fraction of sp³-hybridized carbons (Fsp3) is 0.667. The van der Waals surface area contributed by atoms with Crippen molar-refractivity contribution in [3.8, 4) is 0 Å². The monoisotopic (exact) mass is 272 g/mol. The van der Waals surface area contributed by atoms with E-state index in [9.17, 15) is 13.2 Å². The van der Waals surface area contributed by atoms with Crippen LogP contribution in [0.4, 0.5) is 13.2 Å². The molecule has 0 spiro atoms. The minimum absolute atomic E-state index is 0.108. The maximum Gasteiger partial charge on any atom is 0.389 e. The Labute approximate surface area is 101 Å². The number of nitrogens with zero attached hydrogens (tertiary/aromatic N) is 2. The second-order valence-electron chi connectivity index (χ2n) is 3.29. The molecule has 0 saturated heterocycles. The smallest absolute Gasteiger partial charge is 0.325 e. The highest BCUT2D eigenvalue weighted by molar-refractivity contribution is 7.99. The summed E-state index contributed by atoms with van der Waals surface area (Å²) >= 11 is 6.96. The van der Waals surface area contributed by atoms with Crippen LogP contribution in [0.15, 0.2) is 11.4 Å². The Bertz CT molecular complexity index is 338. The fourth-order valence-electron chi connectivity index (χ4n) is 1.12. The van der Waals surface area contributed by atoms with Gasteiger partial charge in [-0.25, -0.2) is 4.98 Å². The van der Waals surface area contributed by atoms with Crippen molar-refractivity contribution in [2.45, 2.75) is 30.1 Å². The molecule has 1 aromatic heterocycles. The topological polar surface area (TPSA) is 17.8 Å². The Hall–Kier alpha value is -0.360. The number of aromatic nitrogens is 2. The van der Waals surface area contributed by atoms with Crippen LogP contribution in [0.2, 0.25) is 0 Å². The molecule has 1 rings (SSSR count). The molecule has 0 N–H and O–H groups in total. The third-order valence-electron chi connectivity index (χ3n) is 2.01. The van der Waals surface area contributed by atoms with Gasteiger partial charge in [-0.1, -0.05) is 11.8 Å². The molecule has 0 fully saturated rings. The van der Waals surface area contributed by atoms with E-state index < -0.39 is 12.6 Å². The third-order valence-corrected chi connectivity index (χ3v) is 3.42. The summed E-state index contributed by atoms with van der Waals surface area (Å²) in [5, 5.41) is 0.706. The molecule has 0 atom stereocenters. The van der Waals surface area contributed by atoms with E-state index in [1.165, 1.54) is 11.8 Å². The van der Waals surface area contributed by atoms with E-state index in [1.54, 1.807) is 17.8 Å². The van der Waals surface area contributed by atoms with Gasteiger partial charge >= 0.3 is 6.18 Å². The number of hydrogen-bond acceptors (Lipinski definition) is 2. The van der Waals surface area contributed by atoms with Gasteiger partial charge in [0.05, 0.1) is 17.8 Å². The normalized spacial score (nSPS) is 12.1. The van der Waals surface area contributed by atoms with E-state index in [2.05, 4.69) is 4.98 Å². The quantitative estimate of drug-likeness (QED) is 0.463. The van der Waals surface area contributed by atoms with Crippen molar-refractivity contribution in [2.75, 3.05) is 5.75 Å². The highest BCUT2D eigenvalue weighted by Crippen LogP contribution is 2.25. The SMILES string of the molecule is Cn1c(CCl)cnc1SCCCC(F)(F)F. The number of rotatable bonds is 5. The first kappa shape index (κ1) is 13.7. The summed E-state index contributed by atoms with van der Waals surface area (Å²) in [7, 11) is 1.80. The van der Waals surface area contributed by atoms with Crippen molar-refractivity contribution in [1.29, 1.82) is 0 Å². The molecule has 2 nitrogen and oxygen atoms in total. The zero-order valence-corrected chi connectivity index (χ0v) is 10.3. The molecule has 1 heterocycles. The lowest BCUT2D eigenvalue weighted by molar-refractivity contribution is -0.134. The van der Waals surface area contributed by atoms with Crippen LogP contribution in [-0.4, -0.2) is 21.5 Å². The molecule has 0 radical (unpaired) electrons. The molecule has 0 aliphatic carbocycles. The lowest BCUT2D eigenvalue weighted by Crippen LogP contribution is -2.07. The maximum absolute atomic E-state index is 11.9. The number of halogens is 4. The average Bonchev–Trinajstić information content (AvgIpc) is 2.53. The van der Waals surface area contributed by atoms with Gasteiger partial charge in [0.15, 0.2) is 5.16 Å². The third kappa shape index (κ3) is 4.25. The maximum atomic E-state index is 11.9. The van der Waals surface area contributed by atoms with Crippen LogP contribution in [0.25, 0.3) is 0 Å². The van der Waals surface area contributed by atoms with Gasteiger partial charge in [0.2, 0.25) is 0 Å². The Morgan fingerprint density at radius 2 is 2.19 bits per heavy atom. The van der Waals surface area contributed by atoms with Crippen LogP contribution >= 0.6 is 23.4 Å². The van der Waals surface area contributed by atoms with Gasteiger partial charge in [-0.15, -0.1) is 11.6 Å².